The Morgan fingerprint density at radius 3 is 2.73 bits per heavy atom. The number of carbonyl (C=O) groups is 3. The highest BCUT2D eigenvalue weighted by atomic mass is 16.5. The Labute approximate surface area is 152 Å². The van der Waals surface area contributed by atoms with E-state index in [1.807, 2.05) is 18.2 Å². The van der Waals surface area contributed by atoms with Crippen molar-refractivity contribution in [3.05, 3.63) is 29.8 Å². The lowest BCUT2D eigenvalue weighted by Crippen LogP contribution is -2.41. The first kappa shape index (κ1) is 18.2. The number of imide groups is 1. The maximum atomic E-state index is 12.6. The van der Waals surface area contributed by atoms with Crippen LogP contribution in [0.3, 0.4) is 0 Å². The predicted octanol–water partition coefficient (Wildman–Crippen LogP) is 0.755. The first-order valence-electron chi connectivity index (χ1n) is 8.69. The van der Waals surface area contributed by atoms with Crippen molar-refractivity contribution in [2.75, 3.05) is 33.4 Å². The minimum absolute atomic E-state index is 0.0153. The van der Waals surface area contributed by atoms with Crippen molar-refractivity contribution in [1.29, 1.82) is 0 Å². The first-order chi connectivity index (χ1) is 12.6. The Bertz CT molecular complexity index is 687. The molecule has 1 aromatic carbocycles. The van der Waals surface area contributed by atoms with E-state index >= 15 is 0 Å². The molecule has 8 nitrogen and oxygen atoms in total. The van der Waals surface area contributed by atoms with Gasteiger partial charge in [0.05, 0.1) is 26.9 Å². The summed E-state index contributed by atoms with van der Waals surface area (Å²) in [7, 11) is 1.55. The fourth-order valence-corrected chi connectivity index (χ4v) is 3.16. The van der Waals surface area contributed by atoms with Crippen LogP contribution in [0, 0.1) is 0 Å². The molecule has 4 amide bonds. The van der Waals surface area contributed by atoms with Crippen LogP contribution in [0.25, 0.3) is 0 Å². The number of amides is 4. The molecule has 0 spiro atoms. The van der Waals surface area contributed by atoms with Crippen LogP contribution < -0.4 is 10.1 Å². The van der Waals surface area contributed by atoms with E-state index in [9.17, 15) is 14.4 Å². The smallest absolute Gasteiger partial charge is 0.325 e. The summed E-state index contributed by atoms with van der Waals surface area (Å²) in [5.41, 5.74) is 0.753. The van der Waals surface area contributed by atoms with Gasteiger partial charge in [0.2, 0.25) is 5.91 Å². The van der Waals surface area contributed by atoms with Crippen LogP contribution in [0.15, 0.2) is 24.3 Å². The Morgan fingerprint density at radius 2 is 2.00 bits per heavy atom. The Kier molecular flexibility index (Phi) is 5.72. The molecular formula is C18H23N3O5. The number of hydrogen-bond donors (Lipinski definition) is 1. The summed E-state index contributed by atoms with van der Waals surface area (Å²) in [6.45, 7) is 2.37. The molecule has 2 aliphatic rings. The van der Waals surface area contributed by atoms with Gasteiger partial charge in [0.15, 0.2) is 0 Å². The van der Waals surface area contributed by atoms with E-state index in [1.165, 1.54) is 4.90 Å². The molecular weight excluding hydrogens is 338 g/mol. The molecule has 1 N–H and O–H groups in total. The standard InChI is InChI=1S/C18H23N3O5/c1-25-15-5-3-2-4-13(15)12-21-17(23)14(19-18(21)24)6-7-16(22)20-8-10-26-11-9-20/h2-5,14H,6-12H2,1H3,(H,19,24)/t14-/m0/s1. The number of carbonyl (C=O) groups excluding carboxylic acids is 3. The SMILES string of the molecule is COc1ccccc1CN1C(=O)N[C@@H](CCC(=O)N2CCOCC2)C1=O. The average molecular weight is 361 g/mol. The normalized spacial score (nSPS) is 20.3. The third-order valence-corrected chi connectivity index (χ3v) is 4.64. The minimum atomic E-state index is -0.665. The zero-order chi connectivity index (χ0) is 18.5. The number of rotatable bonds is 6. The molecule has 3 rings (SSSR count). The van der Waals surface area contributed by atoms with Crippen molar-refractivity contribution >= 4 is 17.8 Å². The molecule has 26 heavy (non-hydrogen) atoms. The van der Waals surface area contributed by atoms with Gasteiger partial charge >= 0.3 is 6.03 Å². The lowest BCUT2D eigenvalue weighted by atomic mass is 10.1. The molecule has 8 heteroatoms. The summed E-state index contributed by atoms with van der Waals surface area (Å²) < 4.78 is 10.5. The number of urea groups is 1. The topological polar surface area (TPSA) is 88.2 Å². The maximum Gasteiger partial charge on any atom is 0.325 e. The fourth-order valence-electron chi connectivity index (χ4n) is 3.16. The second-order valence-electron chi connectivity index (χ2n) is 6.27. The molecule has 2 fully saturated rings. The largest absolute Gasteiger partial charge is 0.496 e. The minimum Gasteiger partial charge on any atom is -0.496 e. The van der Waals surface area contributed by atoms with E-state index in [0.717, 1.165) is 5.56 Å². The van der Waals surface area contributed by atoms with Gasteiger partial charge in [-0.15, -0.1) is 0 Å². The Morgan fingerprint density at radius 1 is 1.27 bits per heavy atom. The van der Waals surface area contributed by atoms with E-state index in [2.05, 4.69) is 5.32 Å². The first-order valence-corrected chi connectivity index (χ1v) is 8.69. The molecule has 0 bridgehead atoms. The quantitative estimate of drug-likeness (QED) is 0.756. The molecule has 1 atom stereocenters. The van der Waals surface area contributed by atoms with Gasteiger partial charge in [-0.2, -0.15) is 0 Å². The zero-order valence-corrected chi connectivity index (χ0v) is 14.8. The lowest BCUT2D eigenvalue weighted by molar-refractivity contribution is -0.135. The van der Waals surface area contributed by atoms with E-state index in [-0.39, 0.29) is 24.8 Å². The van der Waals surface area contributed by atoms with Gasteiger partial charge in [0, 0.05) is 25.1 Å². The van der Waals surface area contributed by atoms with E-state index < -0.39 is 12.1 Å². The summed E-state index contributed by atoms with van der Waals surface area (Å²) >= 11 is 0. The number of methoxy groups -OCH3 is 1. The van der Waals surface area contributed by atoms with Crippen LogP contribution in [0.5, 0.6) is 5.75 Å². The van der Waals surface area contributed by atoms with Crippen LogP contribution in [0.2, 0.25) is 0 Å². The molecule has 2 aliphatic heterocycles. The number of hydrogen-bond acceptors (Lipinski definition) is 5. The summed E-state index contributed by atoms with van der Waals surface area (Å²) in [6.07, 6.45) is 0.516. The highest BCUT2D eigenvalue weighted by molar-refractivity contribution is 6.04. The average Bonchev–Trinajstić information content (AvgIpc) is 2.94. The van der Waals surface area contributed by atoms with Crippen LogP contribution in [-0.2, 0) is 20.9 Å². The molecule has 1 aromatic rings. The van der Waals surface area contributed by atoms with Gasteiger partial charge in [0.1, 0.15) is 11.8 Å². The van der Waals surface area contributed by atoms with Gasteiger partial charge in [-0.05, 0) is 12.5 Å². The Balaban J connectivity index is 1.57. The molecule has 2 heterocycles. The van der Waals surface area contributed by atoms with E-state index in [0.29, 0.717) is 38.5 Å². The Hall–Kier alpha value is -2.61. The molecule has 0 saturated carbocycles. The van der Waals surface area contributed by atoms with Crippen molar-refractivity contribution < 1.29 is 23.9 Å². The highest BCUT2D eigenvalue weighted by Gasteiger charge is 2.38. The van der Waals surface area contributed by atoms with Crippen LogP contribution >= 0.6 is 0 Å². The van der Waals surface area contributed by atoms with Gasteiger partial charge < -0.3 is 19.7 Å². The lowest BCUT2D eigenvalue weighted by Gasteiger charge is -2.27. The monoisotopic (exact) mass is 361 g/mol. The second-order valence-corrected chi connectivity index (χ2v) is 6.27. The number of nitrogens with zero attached hydrogens (tertiary/aromatic N) is 2. The predicted molar refractivity (Wildman–Crippen MR) is 92.5 cm³/mol. The molecule has 0 aliphatic carbocycles. The third-order valence-electron chi connectivity index (χ3n) is 4.64. The maximum absolute atomic E-state index is 12.6. The van der Waals surface area contributed by atoms with Crippen LogP contribution in [0.4, 0.5) is 4.79 Å². The van der Waals surface area contributed by atoms with Crippen LogP contribution in [0.1, 0.15) is 18.4 Å². The number of para-hydroxylation sites is 1. The molecule has 0 aromatic heterocycles. The third kappa shape index (κ3) is 3.96. The highest BCUT2D eigenvalue weighted by Crippen LogP contribution is 2.22. The summed E-state index contributed by atoms with van der Waals surface area (Å²) in [5, 5.41) is 2.67. The van der Waals surface area contributed by atoms with Gasteiger partial charge in [-0.1, -0.05) is 18.2 Å². The number of nitrogens with one attached hydrogen (secondary N) is 1. The molecule has 2 saturated heterocycles. The van der Waals surface area contributed by atoms with Crippen molar-refractivity contribution in [1.82, 2.24) is 15.1 Å². The molecule has 0 radical (unpaired) electrons. The van der Waals surface area contributed by atoms with Gasteiger partial charge in [-0.3, -0.25) is 14.5 Å². The molecule has 0 unspecified atom stereocenters. The number of morpholine rings is 1. The summed E-state index contributed by atoms with van der Waals surface area (Å²) in [4.78, 5) is 39.9. The number of benzene rings is 1. The fraction of sp³-hybridized carbons (Fsp3) is 0.500. The molecule has 140 valence electrons. The van der Waals surface area contributed by atoms with Gasteiger partial charge in [-0.25, -0.2) is 4.79 Å². The second kappa shape index (κ2) is 8.18. The summed E-state index contributed by atoms with van der Waals surface area (Å²) in [6, 6.07) is 6.15. The van der Waals surface area contributed by atoms with Crippen LogP contribution in [-0.4, -0.2) is 67.1 Å². The van der Waals surface area contributed by atoms with E-state index in [1.54, 1.807) is 18.1 Å². The van der Waals surface area contributed by atoms with Crippen molar-refractivity contribution in [2.24, 2.45) is 0 Å². The van der Waals surface area contributed by atoms with Crippen molar-refractivity contribution in [2.45, 2.75) is 25.4 Å². The van der Waals surface area contributed by atoms with E-state index in [4.69, 9.17) is 9.47 Å². The number of ether oxygens (including phenoxy) is 2. The zero-order valence-electron chi connectivity index (χ0n) is 14.8. The van der Waals surface area contributed by atoms with Crippen molar-refractivity contribution in [3.63, 3.8) is 0 Å². The van der Waals surface area contributed by atoms with Gasteiger partial charge in [0.25, 0.3) is 5.91 Å². The summed E-state index contributed by atoms with van der Waals surface area (Å²) in [5.74, 6) is 0.299. The van der Waals surface area contributed by atoms with Crippen molar-refractivity contribution in [3.8, 4) is 5.75 Å².